The van der Waals surface area contributed by atoms with E-state index in [1.807, 2.05) is 0 Å². The maximum atomic E-state index is 12.7. The van der Waals surface area contributed by atoms with E-state index in [2.05, 4.69) is 27.7 Å². The van der Waals surface area contributed by atoms with Crippen LogP contribution in [0.25, 0.3) is 0 Å². The minimum absolute atomic E-state index is 0.0636. The molecule has 0 rings (SSSR count). The molecule has 0 aliphatic rings. The van der Waals surface area contributed by atoms with Gasteiger partial charge < -0.3 is 14.2 Å². The van der Waals surface area contributed by atoms with Crippen LogP contribution in [0.5, 0.6) is 0 Å². The molecule has 0 spiro atoms. The summed E-state index contributed by atoms with van der Waals surface area (Å²) >= 11 is 0. The Balaban J connectivity index is 4.29. The Labute approximate surface area is 342 Å². The molecule has 0 radical (unpaired) electrons. The Kier molecular flexibility index (Phi) is 42.3. The molecular formula is C49H94O6. The molecule has 326 valence electrons. The van der Waals surface area contributed by atoms with Crippen LogP contribution in [0, 0.1) is 5.92 Å². The lowest BCUT2D eigenvalue weighted by Gasteiger charge is -2.18. The molecule has 0 aromatic heterocycles. The Hall–Kier alpha value is -1.59. The summed E-state index contributed by atoms with van der Waals surface area (Å²) in [6.07, 6.45) is 43.7. The second kappa shape index (κ2) is 43.5. The molecule has 6 heteroatoms. The first-order valence-electron chi connectivity index (χ1n) is 24.4. The van der Waals surface area contributed by atoms with Crippen molar-refractivity contribution >= 4 is 17.9 Å². The highest BCUT2D eigenvalue weighted by Gasteiger charge is 2.19. The van der Waals surface area contributed by atoms with Gasteiger partial charge in [0.25, 0.3) is 0 Å². The lowest BCUT2D eigenvalue weighted by Crippen LogP contribution is -2.30. The Bertz CT molecular complexity index is 826. The molecule has 0 amide bonds. The van der Waals surface area contributed by atoms with Crippen molar-refractivity contribution in [3.8, 4) is 0 Å². The minimum Gasteiger partial charge on any atom is -0.462 e. The van der Waals surface area contributed by atoms with Crippen molar-refractivity contribution in [3.63, 3.8) is 0 Å². The Morgan fingerprint density at radius 1 is 0.345 bits per heavy atom. The molecule has 0 fully saturated rings. The van der Waals surface area contributed by atoms with E-state index in [1.54, 1.807) is 0 Å². The smallest absolute Gasteiger partial charge is 0.306 e. The number of esters is 3. The van der Waals surface area contributed by atoms with Gasteiger partial charge in [0.1, 0.15) is 13.2 Å². The molecule has 0 bridgehead atoms. The second-order valence-corrected chi connectivity index (χ2v) is 17.2. The number of hydrogen-bond acceptors (Lipinski definition) is 6. The molecular weight excluding hydrogens is 685 g/mol. The summed E-state index contributed by atoms with van der Waals surface area (Å²) in [5, 5.41) is 0. The van der Waals surface area contributed by atoms with Gasteiger partial charge in [0.2, 0.25) is 0 Å². The maximum absolute atomic E-state index is 12.7. The van der Waals surface area contributed by atoms with Crippen LogP contribution < -0.4 is 0 Å². The SMILES string of the molecule is CCCCCCCCCCCCCCCCCC(=O)O[C@@H](COC(=O)CCCCCCCCCCC)COC(=O)CCCCCCCCCCCCC(C)C. The molecule has 0 heterocycles. The van der Waals surface area contributed by atoms with E-state index in [1.165, 1.54) is 167 Å². The van der Waals surface area contributed by atoms with Gasteiger partial charge in [-0.15, -0.1) is 0 Å². The summed E-state index contributed by atoms with van der Waals surface area (Å²) < 4.78 is 16.7. The standard InChI is InChI=1S/C49H94O6/c1-5-7-9-11-13-15-16-17-18-19-20-26-30-34-38-42-49(52)55-46(43-53-47(50)40-36-32-28-23-14-12-10-8-6-2)44-54-48(51)41-37-33-29-25-22-21-24-27-31-35-39-45(3)4/h45-46H,5-44H2,1-4H3/t46-/m0/s1. The first-order chi connectivity index (χ1) is 26.9. The fourth-order valence-electron chi connectivity index (χ4n) is 7.33. The summed E-state index contributed by atoms with van der Waals surface area (Å²) in [7, 11) is 0. The van der Waals surface area contributed by atoms with Crippen LogP contribution in [-0.4, -0.2) is 37.2 Å². The van der Waals surface area contributed by atoms with Crippen LogP contribution in [0.3, 0.4) is 0 Å². The van der Waals surface area contributed by atoms with Gasteiger partial charge in [0, 0.05) is 19.3 Å². The summed E-state index contributed by atoms with van der Waals surface area (Å²) in [5.74, 6) is -0.0329. The molecule has 0 saturated heterocycles. The molecule has 0 aromatic rings. The highest BCUT2D eigenvalue weighted by molar-refractivity contribution is 5.71. The zero-order chi connectivity index (χ0) is 40.3. The lowest BCUT2D eigenvalue weighted by atomic mass is 10.0. The summed E-state index contributed by atoms with van der Waals surface area (Å²) in [5.41, 5.74) is 0. The molecule has 0 aliphatic carbocycles. The third-order valence-corrected chi connectivity index (χ3v) is 11.0. The summed E-state index contributed by atoms with van der Waals surface area (Å²) in [6, 6.07) is 0. The summed E-state index contributed by atoms with van der Waals surface area (Å²) in [6.45, 7) is 8.98. The molecule has 0 N–H and O–H groups in total. The Morgan fingerprint density at radius 2 is 0.600 bits per heavy atom. The predicted octanol–water partition coefficient (Wildman–Crippen LogP) is 15.5. The van der Waals surface area contributed by atoms with Crippen LogP contribution in [0.1, 0.15) is 272 Å². The third kappa shape index (κ3) is 43.4. The number of ether oxygens (including phenoxy) is 3. The normalized spacial score (nSPS) is 11.9. The molecule has 1 atom stereocenters. The van der Waals surface area contributed by atoms with E-state index in [0.29, 0.717) is 19.3 Å². The van der Waals surface area contributed by atoms with Crippen molar-refractivity contribution < 1.29 is 28.6 Å². The Morgan fingerprint density at radius 3 is 0.891 bits per heavy atom. The quantitative estimate of drug-likeness (QED) is 0.0348. The van der Waals surface area contributed by atoms with Gasteiger partial charge in [0.15, 0.2) is 6.10 Å². The zero-order valence-corrected chi connectivity index (χ0v) is 37.4. The molecule has 0 aromatic carbocycles. The number of unbranched alkanes of at least 4 members (excludes halogenated alkanes) is 31. The average molecular weight is 779 g/mol. The molecule has 0 unspecified atom stereocenters. The topological polar surface area (TPSA) is 78.9 Å². The predicted molar refractivity (Wildman–Crippen MR) is 233 cm³/mol. The lowest BCUT2D eigenvalue weighted by molar-refractivity contribution is -0.167. The van der Waals surface area contributed by atoms with Gasteiger partial charge in [-0.05, 0) is 25.2 Å². The van der Waals surface area contributed by atoms with E-state index >= 15 is 0 Å². The van der Waals surface area contributed by atoms with Gasteiger partial charge in [-0.1, -0.05) is 233 Å². The average Bonchev–Trinajstić information content (AvgIpc) is 3.17. The van der Waals surface area contributed by atoms with E-state index in [9.17, 15) is 14.4 Å². The zero-order valence-electron chi connectivity index (χ0n) is 37.4. The molecule has 55 heavy (non-hydrogen) atoms. The maximum Gasteiger partial charge on any atom is 0.306 e. The highest BCUT2D eigenvalue weighted by Crippen LogP contribution is 2.16. The molecule has 0 saturated carbocycles. The number of carbonyl (C=O) groups excluding carboxylic acids is 3. The van der Waals surface area contributed by atoms with Crippen LogP contribution in [-0.2, 0) is 28.6 Å². The largest absolute Gasteiger partial charge is 0.462 e. The fraction of sp³-hybridized carbons (Fsp3) is 0.939. The van der Waals surface area contributed by atoms with Gasteiger partial charge in [0.05, 0.1) is 0 Å². The number of rotatable bonds is 44. The monoisotopic (exact) mass is 779 g/mol. The van der Waals surface area contributed by atoms with Crippen molar-refractivity contribution in [2.45, 2.75) is 278 Å². The van der Waals surface area contributed by atoms with E-state index < -0.39 is 6.10 Å². The van der Waals surface area contributed by atoms with Crippen LogP contribution in [0.15, 0.2) is 0 Å². The van der Waals surface area contributed by atoms with E-state index in [0.717, 1.165) is 63.7 Å². The van der Waals surface area contributed by atoms with Crippen molar-refractivity contribution in [1.82, 2.24) is 0 Å². The van der Waals surface area contributed by atoms with Crippen molar-refractivity contribution in [3.05, 3.63) is 0 Å². The number of hydrogen-bond donors (Lipinski definition) is 0. The van der Waals surface area contributed by atoms with Gasteiger partial charge in [-0.3, -0.25) is 14.4 Å². The van der Waals surface area contributed by atoms with Crippen LogP contribution >= 0.6 is 0 Å². The van der Waals surface area contributed by atoms with E-state index in [4.69, 9.17) is 14.2 Å². The van der Waals surface area contributed by atoms with Gasteiger partial charge in [-0.2, -0.15) is 0 Å². The second-order valence-electron chi connectivity index (χ2n) is 17.2. The van der Waals surface area contributed by atoms with Crippen molar-refractivity contribution in [1.29, 1.82) is 0 Å². The minimum atomic E-state index is -0.759. The van der Waals surface area contributed by atoms with Crippen LogP contribution in [0.4, 0.5) is 0 Å². The fourth-order valence-corrected chi connectivity index (χ4v) is 7.33. The third-order valence-electron chi connectivity index (χ3n) is 11.0. The molecule has 0 aliphatic heterocycles. The van der Waals surface area contributed by atoms with Gasteiger partial charge in [-0.25, -0.2) is 0 Å². The first-order valence-corrected chi connectivity index (χ1v) is 24.4. The van der Waals surface area contributed by atoms with Crippen LogP contribution in [0.2, 0.25) is 0 Å². The van der Waals surface area contributed by atoms with E-state index in [-0.39, 0.29) is 31.1 Å². The highest BCUT2D eigenvalue weighted by atomic mass is 16.6. The number of carbonyl (C=O) groups is 3. The summed E-state index contributed by atoms with van der Waals surface area (Å²) in [4.78, 5) is 37.8. The van der Waals surface area contributed by atoms with Crippen molar-refractivity contribution in [2.75, 3.05) is 13.2 Å². The van der Waals surface area contributed by atoms with Gasteiger partial charge >= 0.3 is 17.9 Å². The first kappa shape index (κ1) is 53.4. The molecule has 6 nitrogen and oxygen atoms in total. The van der Waals surface area contributed by atoms with Crippen molar-refractivity contribution in [2.24, 2.45) is 5.92 Å².